The van der Waals surface area contributed by atoms with Crippen LogP contribution in [0.15, 0.2) is 18.2 Å². The molecule has 0 fully saturated rings. The van der Waals surface area contributed by atoms with Crippen LogP contribution in [0.1, 0.15) is 49.9 Å². The number of allylic oxidation sites excluding steroid dienone is 2. The molecule has 0 amide bonds. The van der Waals surface area contributed by atoms with Crippen molar-refractivity contribution in [2.24, 2.45) is 0 Å². The third kappa shape index (κ3) is 1.39. The van der Waals surface area contributed by atoms with Crippen molar-refractivity contribution in [3.63, 3.8) is 0 Å². The molecule has 1 nitrogen and oxygen atoms in total. The van der Waals surface area contributed by atoms with E-state index in [-0.39, 0.29) is 5.41 Å². The van der Waals surface area contributed by atoms with Crippen LogP contribution >= 0.6 is 0 Å². The Bertz CT molecular complexity index is 491. The van der Waals surface area contributed by atoms with Crippen molar-refractivity contribution in [1.82, 2.24) is 0 Å². The van der Waals surface area contributed by atoms with Gasteiger partial charge in [-0.15, -0.1) is 0 Å². The summed E-state index contributed by atoms with van der Waals surface area (Å²) in [5.41, 5.74) is 4.47. The van der Waals surface area contributed by atoms with Gasteiger partial charge in [0.15, 0.2) is 0 Å². The molecule has 1 aliphatic rings. The topological polar surface area (TPSA) is 20.2 Å². The number of fused-ring (bicyclic) bond motifs is 1. The maximum absolute atomic E-state index is 10.2. The average Bonchev–Trinajstić information content (AvgIpc) is 2.76. The smallest absolute Gasteiger partial charge is 0.127 e. The number of aromatic hydroxyl groups is 1. The van der Waals surface area contributed by atoms with Crippen molar-refractivity contribution < 1.29 is 5.11 Å². The minimum absolute atomic E-state index is 0.0558. The number of phenols is 1. The third-order valence-electron chi connectivity index (χ3n) is 3.29. The summed E-state index contributed by atoms with van der Waals surface area (Å²) in [6.07, 6.45) is 7.98. The molecule has 0 aliphatic heterocycles. The summed E-state index contributed by atoms with van der Waals surface area (Å²) < 4.78 is 0. The second-order valence-electron chi connectivity index (χ2n) is 4.78. The van der Waals surface area contributed by atoms with E-state index in [9.17, 15) is 5.11 Å². The Morgan fingerprint density at radius 1 is 1.12 bits per heavy atom. The van der Waals surface area contributed by atoms with Gasteiger partial charge in [-0.3, -0.25) is 0 Å². The van der Waals surface area contributed by atoms with E-state index in [4.69, 9.17) is 0 Å². The zero-order valence-corrected chi connectivity index (χ0v) is 10.3. The highest BCUT2D eigenvalue weighted by atomic mass is 16.3. The van der Waals surface area contributed by atoms with Gasteiger partial charge in [-0.1, -0.05) is 38.2 Å². The molecule has 0 unspecified atom stereocenters. The van der Waals surface area contributed by atoms with Crippen LogP contribution < -0.4 is 0 Å². The molecule has 1 aromatic rings. The second kappa shape index (κ2) is 3.51. The first-order valence-corrected chi connectivity index (χ1v) is 5.70. The molecule has 16 heavy (non-hydrogen) atoms. The summed E-state index contributed by atoms with van der Waals surface area (Å²) in [7, 11) is 0. The molecule has 0 heterocycles. The molecule has 1 aliphatic carbocycles. The van der Waals surface area contributed by atoms with Gasteiger partial charge in [0.25, 0.3) is 0 Å². The number of phenolic OH excluding ortho intramolecular Hbond substituents is 1. The molecule has 0 atom stereocenters. The van der Waals surface area contributed by atoms with Crippen LogP contribution in [0.2, 0.25) is 0 Å². The largest absolute Gasteiger partial charge is 0.507 e. The number of hydrogen-bond donors (Lipinski definition) is 1. The van der Waals surface area contributed by atoms with E-state index < -0.39 is 0 Å². The van der Waals surface area contributed by atoms with Gasteiger partial charge < -0.3 is 5.11 Å². The zero-order chi connectivity index (χ0) is 11.9. The molecule has 0 spiro atoms. The number of benzene rings is 1. The minimum Gasteiger partial charge on any atom is -0.507 e. The van der Waals surface area contributed by atoms with E-state index >= 15 is 0 Å². The molecule has 2 rings (SSSR count). The fourth-order valence-corrected chi connectivity index (χ4v) is 2.34. The van der Waals surface area contributed by atoms with E-state index in [0.29, 0.717) is 5.75 Å². The van der Waals surface area contributed by atoms with Crippen LogP contribution in [0.4, 0.5) is 0 Å². The van der Waals surface area contributed by atoms with Gasteiger partial charge >= 0.3 is 0 Å². The van der Waals surface area contributed by atoms with Gasteiger partial charge in [0.2, 0.25) is 0 Å². The molecule has 84 valence electrons. The lowest BCUT2D eigenvalue weighted by Crippen LogP contribution is -1.90. The van der Waals surface area contributed by atoms with E-state index in [0.717, 1.165) is 16.7 Å². The zero-order valence-electron chi connectivity index (χ0n) is 10.3. The van der Waals surface area contributed by atoms with Gasteiger partial charge in [-0.25, -0.2) is 0 Å². The van der Waals surface area contributed by atoms with E-state index in [1.165, 1.54) is 5.56 Å². The molecule has 0 saturated carbocycles. The lowest BCUT2D eigenvalue weighted by atomic mass is 10.1. The highest BCUT2D eigenvalue weighted by Crippen LogP contribution is 2.56. The SMILES string of the molecule is C/C=C\c1cc2c(c(O)c1/C=C\C)C2(C)C. The van der Waals surface area contributed by atoms with Crippen molar-refractivity contribution in [3.8, 4) is 5.75 Å². The number of hydrogen-bond acceptors (Lipinski definition) is 1. The van der Waals surface area contributed by atoms with Crippen LogP contribution in [-0.2, 0) is 5.41 Å². The Morgan fingerprint density at radius 3 is 2.31 bits per heavy atom. The third-order valence-corrected chi connectivity index (χ3v) is 3.29. The molecular formula is C15H18O. The summed E-state index contributed by atoms with van der Waals surface area (Å²) in [5, 5.41) is 10.2. The Labute approximate surface area is 97.1 Å². The van der Waals surface area contributed by atoms with E-state index in [1.807, 2.05) is 38.2 Å². The van der Waals surface area contributed by atoms with Gasteiger partial charge in [-0.2, -0.15) is 0 Å². The summed E-state index contributed by atoms with van der Waals surface area (Å²) >= 11 is 0. The van der Waals surface area contributed by atoms with Gasteiger partial charge in [0.1, 0.15) is 5.75 Å². The monoisotopic (exact) mass is 214 g/mol. The first kappa shape index (κ1) is 11.0. The Balaban J connectivity index is 2.65. The standard InChI is InChI=1S/C15H18O/c1-5-7-10-9-12-13(15(12,3)4)14(16)11(10)8-6-2/h5-9,16H,1-4H3/b7-5-,8-6-. The highest BCUT2D eigenvalue weighted by molar-refractivity contribution is 5.79. The van der Waals surface area contributed by atoms with Crippen molar-refractivity contribution >= 4 is 12.2 Å². The van der Waals surface area contributed by atoms with Crippen molar-refractivity contribution in [2.75, 3.05) is 0 Å². The molecule has 0 radical (unpaired) electrons. The van der Waals surface area contributed by atoms with Crippen LogP contribution in [0.3, 0.4) is 0 Å². The first-order valence-electron chi connectivity index (χ1n) is 5.70. The molecule has 1 N–H and O–H groups in total. The predicted octanol–water partition coefficient (Wildman–Crippen LogP) is 4.10. The van der Waals surface area contributed by atoms with E-state index in [1.54, 1.807) is 0 Å². The second-order valence-corrected chi connectivity index (χ2v) is 4.78. The Kier molecular flexibility index (Phi) is 2.42. The maximum Gasteiger partial charge on any atom is 0.127 e. The van der Waals surface area contributed by atoms with Crippen molar-refractivity contribution in [1.29, 1.82) is 0 Å². The van der Waals surface area contributed by atoms with Gasteiger partial charge in [0.05, 0.1) is 0 Å². The Hall–Kier alpha value is -1.50. The highest BCUT2D eigenvalue weighted by Gasteiger charge is 2.45. The Morgan fingerprint density at radius 2 is 1.75 bits per heavy atom. The molecule has 0 saturated heterocycles. The molecule has 0 aromatic heterocycles. The molecular weight excluding hydrogens is 196 g/mol. The van der Waals surface area contributed by atoms with Crippen LogP contribution in [-0.4, -0.2) is 5.11 Å². The lowest BCUT2D eigenvalue weighted by molar-refractivity contribution is 0.468. The van der Waals surface area contributed by atoms with Crippen LogP contribution in [0, 0.1) is 0 Å². The van der Waals surface area contributed by atoms with Gasteiger partial charge in [0, 0.05) is 16.5 Å². The molecule has 0 bridgehead atoms. The molecule has 1 aromatic carbocycles. The molecule has 1 heteroatoms. The fraction of sp³-hybridized carbons (Fsp3) is 0.333. The fourth-order valence-electron chi connectivity index (χ4n) is 2.34. The summed E-state index contributed by atoms with van der Waals surface area (Å²) in [4.78, 5) is 0. The van der Waals surface area contributed by atoms with E-state index in [2.05, 4.69) is 19.9 Å². The van der Waals surface area contributed by atoms with Gasteiger partial charge in [-0.05, 0) is 31.0 Å². The summed E-state index contributed by atoms with van der Waals surface area (Å²) in [6, 6.07) is 2.18. The quantitative estimate of drug-likeness (QED) is 0.786. The first-order chi connectivity index (χ1) is 7.54. The normalized spacial score (nSPS) is 17.0. The van der Waals surface area contributed by atoms with Crippen LogP contribution in [0.25, 0.3) is 12.2 Å². The summed E-state index contributed by atoms with van der Waals surface area (Å²) in [5.74, 6) is 0.453. The average molecular weight is 214 g/mol. The van der Waals surface area contributed by atoms with Crippen molar-refractivity contribution in [3.05, 3.63) is 40.5 Å². The van der Waals surface area contributed by atoms with Crippen LogP contribution in [0.5, 0.6) is 5.75 Å². The number of rotatable bonds is 2. The predicted molar refractivity (Wildman–Crippen MR) is 69.7 cm³/mol. The van der Waals surface area contributed by atoms with Crippen molar-refractivity contribution in [2.45, 2.75) is 33.1 Å². The minimum atomic E-state index is 0.0558. The maximum atomic E-state index is 10.2. The lowest BCUT2D eigenvalue weighted by Gasteiger charge is -2.03. The summed E-state index contributed by atoms with van der Waals surface area (Å²) in [6.45, 7) is 8.26.